The van der Waals surface area contributed by atoms with Crippen molar-refractivity contribution in [2.75, 3.05) is 38.2 Å². The summed E-state index contributed by atoms with van der Waals surface area (Å²) in [5.74, 6) is 0.834. The molecule has 9 nitrogen and oxygen atoms in total. The maximum atomic E-state index is 12.8. The highest BCUT2D eigenvalue weighted by Crippen LogP contribution is 2.29. The third kappa shape index (κ3) is 3.11. The van der Waals surface area contributed by atoms with Crippen molar-refractivity contribution in [3.8, 4) is 5.75 Å². The standard InChI is InChI=1S/C19H19N5O4/c1-28-15-6-4-5-14(13-15)19(25)22-11-9-21(10-12-22)17-18(24(26)27)23-8-3-2-7-16(23)20-17/h2-8,13H,9-12H2,1H3. The van der Waals surface area contributed by atoms with E-state index in [1.807, 2.05) is 4.90 Å². The first-order valence-corrected chi connectivity index (χ1v) is 8.88. The lowest BCUT2D eigenvalue weighted by atomic mass is 10.1. The van der Waals surface area contributed by atoms with E-state index in [-0.39, 0.29) is 11.7 Å². The van der Waals surface area contributed by atoms with E-state index >= 15 is 0 Å². The summed E-state index contributed by atoms with van der Waals surface area (Å²) in [7, 11) is 1.56. The number of hydrogen-bond donors (Lipinski definition) is 0. The highest BCUT2D eigenvalue weighted by Gasteiger charge is 2.30. The molecule has 4 rings (SSSR count). The van der Waals surface area contributed by atoms with E-state index in [1.165, 1.54) is 4.40 Å². The first-order chi connectivity index (χ1) is 13.6. The molecule has 1 aliphatic heterocycles. The molecule has 0 saturated carbocycles. The van der Waals surface area contributed by atoms with Crippen molar-refractivity contribution < 1.29 is 14.5 Å². The van der Waals surface area contributed by atoms with E-state index < -0.39 is 4.92 Å². The molecule has 1 aromatic carbocycles. The van der Waals surface area contributed by atoms with Crippen molar-refractivity contribution in [2.24, 2.45) is 0 Å². The SMILES string of the molecule is COc1cccc(C(=O)N2CCN(c3nc4ccccn4c3[N+](=O)[O-])CC2)c1. The molecule has 1 saturated heterocycles. The van der Waals surface area contributed by atoms with Gasteiger partial charge in [0.25, 0.3) is 5.91 Å². The molecule has 0 atom stereocenters. The predicted molar refractivity (Wildman–Crippen MR) is 103 cm³/mol. The number of carbonyl (C=O) groups excluding carboxylic acids is 1. The Kier molecular flexibility index (Phi) is 4.56. The Hall–Kier alpha value is -3.62. The molecule has 9 heteroatoms. The predicted octanol–water partition coefficient (Wildman–Crippen LogP) is 2.21. The molecule has 0 N–H and O–H groups in total. The molecule has 3 aromatic rings. The molecule has 0 bridgehead atoms. The number of rotatable bonds is 4. The summed E-state index contributed by atoms with van der Waals surface area (Å²) < 4.78 is 6.65. The van der Waals surface area contributed by atoms with Crippen molar-refractivity contribution in [2.45, 2.75) is 0 Å². The Morgan fingerprint density at radius 1 is 1.14 bits per heavy atom. The van der Waals surface area contributed by atoms with Gasteiger partial charge < -0.3 is 24.7 Å². The van der Waals surface area contributed by atoms with Crippen LogP contribution < -0.4 is 9.64 Å². The van der Waals surface area contributed by atoms with Crippen LogP contribution in [0.1, 0.15) is 10.4 Å². The fraction of sp³-hybridized carbons (Fsp3) is 0.263. The fourth-order valence-electron chi connectivity index (χ4n) is 3.41. The molecule has 1 aliphatic rings. The van der Waals surface area contributed by atoms with Crippen LogP contribution in [0.4, 0.5) is 11.6 Å². The fourth-order valence-corrected chi connectivity index (χ4v) is 3.41. The van der Waals surface area contributed by atoms with E-state index in [9.17, 15) is 14.9 Å². The van der Waals surface area contributed by atoms with E-state index in [2.05, 4.69) is 4.98 Å². The molecule has 0 aliphatic carbocycles. The highest BCUT2D eigenvalue weighted by atomic mass is 16.6. The minimum Gasteiger partial charge on any atom is -0.497 e. The number of amides is 1. The monoisotopic (exact) mass is 381 g/mol. The Labute approximate surface area is 160 Å². The molecular formula is C19H19N5O4. The second-order valence-corrected chi connectivity index (χ2v) is 6.46. The zero-order valence-electron chi connectivity index (χ0n) is 15.3. The number of hydrogen-bond acceptors (Lipinski definition) is 6. The minimum absolute atomic E-state index is 0.0526. The van der Waals surface area contributed by atoms with Crippen molar-refractivity contribution >= 4 is 23.2 Å². The molecule has 3 heterocycles. The quantitative estimate of drug-likeness (QED) is 0.508. The lowest BCUT2D eigenvalue weighted by molar-refractivity contribution is -0.389. The number of piperazine rings is 1. The normalized spacial score (nSPS) is 14.3. The van der Waals surface area contributed by atoms with Gasteiger partial charge >= 0.3 is 5.82 Å². The van der Waals surface area contributed by atoms with Crippen molar-refractivity contribution in [3.05, 3.63) is 64.3 Å². The van der Waals surface area contributed by atoms with Gasteiger partial charge in [0.2, 0.25) is 11.5 Å². The lowest BCUT2D eigenvalue weighted by Crippen LogP contribution is -2.49. The van der Waals surface area contributed by atoms with Gasteiger partial charge in [-0.1, -0.05) is 12.1 Å². The number of aromatic nitrogens is 2. The van der Waals surface area contributed by atoms with Crippen molar-refractivity contribution in [3.63, 3.8) is 0 Å². The van der Waals surface area contributed by atoms with Gasteiger partial charge in [-0.3, -0.25) is 4.79 Å². The largest absolute Gasteiger partial charge is 0.497 e. The van der Waals surface area contributed by atoms with Crippen LogP contribution in [0.15, 0.2) is 48.7 Å². The van der Waals surface area contributed by atoms with Gasteiger partial charge in [0.05, 0.1) is 13.3 Å². The van der Waals surface area contributed by atoms with E-state index in [1.54, 1.807) is 60.7 Å². The lowest BCUT2D eigenvalue weighted by Gasteiger charge is -2.34. The van der Waals surface area contributed by atoms with Crippen LogP contribution in [-0.2, 0) is 0 Å². The van der Waals surface area contributed by atoms with Gasteiger partial charge in [-0.2, -0.15) is 9.38 Å². The second kappa shape index (κ2) is 7.18. The van der Waals surface area contributed by atoms with Gasteiger partial charge in [0, 0.05) is 37.8 Å². The molecule has 0 radical (unpaired) electrons. The Morgan fingerprint density at radius 3 is 2.64 bits per heavy atom. The van der Waals surface area contributed by atoms with Gasteiger partial charge in [-0.25, -0.2) is 0 Å². The number of ether oxygens (including phenoxy) is 1. The summed E-state index contributed by atoms with van der Waals surface area (Å²) in [4.78, 5) is 32.0. The third-order valence-corrected chi connectivity index (χ3v) is 4.84. The summed E-state index contributed by atoms with van der Waals surface area (Å²) >= 11 is 0. The van der Waals surface area contributed by atoms with Crippen LogP contribution in [0, 0.1) is 10.1 Å². The molecular weight excluding hydrogens is 362 g/mol. The summed E-state index contributed by atoms with van der Waals surface area (Å²) in [5, 5.41) is 11.6. The first kappa shape index (κ1) is 17.8. The molecule has 1 amide bonds. The maximum absolute atomic E-state index is 12.8. The smallest absolute Gasteiger partial charge is 0.372 e. The van der Waals surface area contributed by atoms with Gasteiger partial charge in [0.1, 0.15) is 5.75 Å². The Morgan fingerprint density at radius 2 is 1.93 bits per heavy atom. The van der Waals surface area contributed by atoms with Gasteiger partial charge in [-0.15, -0.1) is 0 Å². The van der Waals surface area contributed by atoms with E-state index in [4.69, 9.17) is 4.74 Å². The van der Waals surface area contributed by atoms with Crippen LogP contribution in [0.3, 0.4) is 0 Å². The summed E-state index contributed by atoms with van der Waals surface area (Å²) in [6, 6.07) is 12.3. The van der Waals surface area contributed by atoms with Crippen molar-refractivity contribution in [1.29, 1.82) is 0 Å². The van der Waals surface area contributed by atoms with E-state index in [0.717, 1.165) is 0 Å². The number of anilines is 1. The van der Waals surface area contributed by atoms with Crippen LogP contribution in [0.5, 0.6) is 5.75 Å². The molecule has 2 aromatic heterocycles. The van der Waals surface area contributed by atoms with Crippen molar-refractivity contribution in [1.82, 2.24) is 14.3 Å². The number of carbonyl (C=O) groups is 1. The topological polar surface area (TPSA) is 93.2 Å². The Bertz CT molecular complexity index is 1040. The van der Waals surface area contributed by atoms with E-state index in [0.29, 0.717) is 49.0 Å². The molecule has 0 spiro atoms. The highest BCUT2D eigenvalue weighted by molar-refractivity contribution is 5.94. The summed E-state index contributed by atoms with van der Waals surface area (Å²) in [5.41, 5.74) is 1.09. The average molecular weight is 381 g/mol. The number of pyridine rings is 1. The molecule has 144 valence electrons. The average Bonchev–Trinajstić information content (AvgIpc) is 3.13. The summed E-state index contributed by atoms with van der Waals surface area (Å²) in [6.07, 6.45) is 1.63. The van der Waals surface area contributed by atoms with Crippen LogP contribution in [0.25, 0.3) is 5.65 Å². The second-order valence-electron chi connectivity index (χ2n) is 6.46. The number of imidazole rings is 1. The number of methoxy groups -OCH3 is 1. The first-order valence-electron chi connectivity index (χ1n) is 8.88. The maximum Gasteiger partial charge on any atom is 0.372 e. The zero-order chi connectivity index (χ0) is 19.7. The molecule has 0 unspecified atom stereocenters. The Balaban J connectivity index is 1.53. The number of fused-ring (bicyclic) bond motifs is 1. The molecule has 1 fully saturated rings. The minimum atomic E-state index is -0.414. The van der Waals surface area contributed by atoms with Crippen LogP contribution in [0.2, 0.25) is 0 Å². The number of nitrogens with zero attached hydrogens (tertiary/aromatic N) is 5. The van der Waals surface area contributed by atoms with Crippen LogP contribution in [-0.4, -0.2) is 58.4 Å². The van der Waals surface area contributed by atoms with Gasteiger partial charge in [0.15, 0.2) is 0 Å². The summed E-state index contributed by atoms with van der Waals surface area (Å²) in [6.45, 7) is 1.86. The molecule has 28 heavy (non-hydrogen) atoms. The third-order valence-electron chi connectivity index (χ3n) is 4.84. The van der Waals surface area contributed by atoms with Crippen LogP contribution >= 0.6 is 0 Å². The van der Waals surface area contributed by atoms with Gasteiger partial charge in [-0.05, 0) is 29.2 Å². The number of nitro groups is 1. The number of benzene rings is 1. The zero-order valence-corrected chi connectivity index (χ0v) is 15.3.